The largest absolute Gasteiger partial charge is 0.497 e. The molecule has 174 valence electrons. The number of aromatic nitrogens is 2. The van der Waals surface area contributed by atoms with Gasteiger partial charge in [0.2, 0.25) is 11.7 Å². The van der Waals surface area contributed by atoms with Crippen molar-refractivity contribution in [1.29, 1.82) is 0 Å². The number of nitrogens with zero attached hydrogens (tertiary/aromatic N) is 3. The summed E-state index contributed by atoms with van der Waals surface area (Å²) in [4.78, 5) is 31.1. The minimum atomic E-state index is -0.412. The minimum absolute atomic E-state index is 0.103. The zero-order valence-corrected chi connectivity index (χ0v) is 18.9. The highest BCUT2D eigenvalue weighted by molar-refractivity contribution is 5.95. The van der Waals surface area contributed by atoms with E-state index in [0.29, 0.717) is 29.7 Å². The molecule has 1 aliphatic rings. The Morgan fingerprint density at radius 1 is 1.18 bits per heavy atom. The topological polar surface area (TPSA) is 111 Å². The van der Waals surface area contributed by atoms with Crippen LogP contribution in [0, 0.1) is 12.8 Å². The van der Waals surface area contributed by atoms with Gasteiger partial charge in [-0.15, -0.1) is 0 Å². The second kappa shape index (κ2) is 9.01. The van der Waals surface area contributed by atoms with Crippen molar-refractivity contribution in [3.8, 4) is 17.1 Å². The van der Waals surface area contributed by atoms with Crippen LogP contribution in [0.5, 0.6) is 5.75 Å². The van der Waals surface area contributed by atoms with E-state index in [1.165, 1.54) is 6.07 Å². The van der Waals surface area contributed by atoms with Crippen molar-refractivity contribution in [3.05, 3.63) is 64.5 Å². The maximum atomic E-state index is 13.0. The number of piperidine rings is 1. The zero-order valence-electron chi connectivity index (χ0n) is 18.9. The molecule has 1 fully saturated rings. The number of methoxy groups -OCH3 is 1. The Bertz CT molecular complexity index is 1390. The molecule has 0 saturated carbocycles. The Labute approximate surface area is 195 Å². The number of ether oxygens (including phenoxy) is 1. The lowest BCUT2D eigenvalue weighted by Gasteiger charge is -2.30. The number of fused-ring (bicyclic) bond motifs is 1. The fraction of sp³-hybridized carbons (Fsp3) is 0.280. The summed E-state index contributed by atoms with van der Waals surface area (Å²) in [5.74, 6) is 0.887. The van der Waals surface area contributed by atoms with Crippen LogP contribution in [0.15, 0.2) is 62.3 Å². The van der Waals surface area contributed by atoms with Crippen LogP contribution >= 0.6 is 0 Å². The van der Waals surface area contributed by atoms with Crippen molar-refractivity contribution < 1.29 is 18.5 Å². The van der Waals surface area contributed by atoms with Gasteiger partial charge >= 0.3 is 11.6 Å². The predicted molar refractivity (Wildman–Crippen MR) is 127 cm³/mol. The molecule has 5 rings (SSSR count). The molecule has 0 aliphatic carbocycles. The normalized spacial score (nSPS) is 15.9. The molecule has 9 heteroatoms. The lowest BCUT2D eigenvalue weighted by atomic mass is 9.97. The van der Waals surface area contributed by atoms with Crippen LogP contribution in [0.25, 0.3) is 22.4 Å². The molecule has 2 aromatic carbocycles. The smallest absolute Gasteiger partial charge is 0.336 e. The zero-order chi connectivity index (χ0) is 23.7. The van der Waals surface area contributed by atoms with Crippen LogP contribution in [-0.4, -0.2) is 36.2 Å². The standard InChI is InChI=1S/C25H24N4O5/c1-15-12-22(30)33-21-13-18(7-10-20(15)21)26-24(31)17-4-3-11-29(14-17)25-27-23(28-34-25)16-5-8-19(32-2)9-6-16/h5-10,12-13,17H,3-4,11,14H2,1-2H3,(H,26,31). The summed E-state index contributed by atoms with van der Waals surface area (Å²) in [5, 5.41) is 7.88. The van der Waals surface area contributed by atoms with E-state index in [9.17, 15) is 9.59 Å². The maximum absolute atomic E-state index is 13.0. The van der Waals surface area contributed by atoms with E-state index in [-0.39, 0.29) is 11.8 Å². The van der Waals surface area contributed by atoms with Crippen molar-refractivity contribution >= 4 is 28.6 Å². The molecule has 0 radical (unpaired) electrons. The maximum Gasteiger partial charge on any atom is 0.336 e. The number of hydrogen-bond acceptors (Lipinski definition) is 8. The van der Waals surface area contributed by atoms with Crippen molar-refractivity contribution in [2.75, 3.05) is 30.4 Å². The van der Waals surface area contributed by atoms with E-state index in [1.807, 2.05) is 48.2 Å². The Kier molecular flexibility index (Phi) is 5.75. The Hall–Kier alpha value is -4.14. The number of nitrogens with one attached hydrogen (secondary N) is 1. The number of aryl methyl sites for hydroxylation is 1. The molecule has 1 aliphatic heterocycles. The summed E-state index contributed by atoms with van der Waals surface area (Å²) in [7, 11) is 1.61. The minimum Gasteiger partial charge on any atom is -0.497 e. The van der Waals surface area contributed by atoms with E-state index in [2.05, 4.69) is 15.5 Å². The molecule has 9 nitrogen and oxygen atoms in total. The lowest BCUT2D eigenvalue weighted by Crippen LogP contribution is -2.41. The second-order valence-corrected chi connectivity index (χ2v) is 8.36. The Morgan fingerprint density at radius 2 is 2.00 bits per heavy atom. The molecule has 1 N–H and O–H groups in total. The first-order valence-corrected chi connectivity index (χ1v) is 11.1. The third kappa shape index (κ3) is 4.36. The van der Waals surface area contributed by atoms with Crippen molar-refractivity contribution in [3.63, 3.8) is 0 Å². The quantitative estimate of drug-likeness (QED) is 0.445. The van der Waals surface area contributed by atoms with Gasteiger partial charge in [-0.25, -0.2) is 4.79 Å². The first-order valence-electron chi connectivity index (χ1n) is 11.1. The first-order chi connectivity index (χ1) is 16.5. The van der Waals surface area contributed by atoms with Gasteiger partial charge in [0.25, 0.3) is 0 Å². The predicted octanol–water partition coefficient (Wildman–Crippen LogP) is 4.02. The fourth-order valence-electron chi connectivity index (χ4n) is 4.21. The fourth-order valence-corrected chi connectivity index (χ4v) is 4.21. The van der Waals surface area contributed by atoms with Crippen LogP contribution in [0.3, 0.4) is 0 Å². The third-order valence-corrected chi connectivity index (χ3v) is 6.05. The van der Waals surface area contributed by atoms with Crippen molar-refractivity contribution in [2.24, 2.45) is 5.92 Å². The molecule has 2 aromatic heterocycles. The van der Waals surface area contributed by atoms with Crippen LogP contribution in [0.4, 0.5) is 11.7 Å². The average molecular weight is 460 g/mol. The molecule has 1 saturated heterocycles. The van der Waals surface area contributed by atoms with Gasteiger partial charge in [0.1, 0.15) is 11.3 Å². The monoisotopic (exact) mass is 460 g/mol. The van der Waals surface area contributed by atoms with E-state index >= 15 is 0 Å². The molecule has 0 spiro atoms. The van der Waals surface area contributed by atoms with Gasteiger partial charge in [0.15, 0.2) is 0 Å². The highest BCUT2D eigenvalue weighted by Crippen LogP contribution is 2.27. The number of carbonyl (C=O) groups excluding carboxylic acids is 1. The summed E-state index contributed by atoms with van der Waals surface area (Å²) in [6.45, 7) is 3.05. The lowest BCUT2D eigenvalue weighted by molar-refractivity contribution is -0.120. The van der Waals surface area contributed by atoms with Crippen LogP contribution in [0.2, 0.25) is 0 Å². The van der Waals surface area contributed by atoms with Crippen LogP contribution < -0.4 is 20.6 Å². The molecule has 34 heavy (non-hydrogen) atoms. The Balaban J connectivity index is 1.28. The van der Waals surface area contributed by atoms with E-state index < -0.39 is 5.63 Å². The molecular formula is C25H24N4O5. The number of rotatable bonds is 5. The van der Waals surface area contributed by atoms with Crippen LogP contribution in [0.1, 0.15) is 18.4 Å². The van der Waals surface area contributed by atoms with Gasteiger partial charge in [0.05, 0.1) is 13.0 Å². The second-order valence-electron chi connectivity index (χ2n) is 8.36. The van der Waals surface area contributed by atoms with Crippen molar-refractivity contribution in [2.45, 2.75) is 19.8 Å². The van der Waals surface area contributed by atoms with Gasteiger partial charge in [-0.05, 0) is 61.7 Å². The summed E-state index contributed by atoms with van der Waals surface area (Å²) in [6.07, 6.45) is 1.58. The summed E-state index contributed by atoms with van der Waals surface area (Å²) < 4.78 is 16.0. The van der Waals surface area contributed by atoms with Gasteiger partial charge in [-0.1, -0.05) is 5.16 Å². The number of hydrogen-bond donors (Lipinski definition) is 1. The number of carbonyl (C=O) groups is 1. The summed E-state index contributed by atoms with van der Waals surface area (Å²) in [6, 6.07) is 14.6. The molecule has 1 unspecified atom stereocenters. The number of anilines is 2. The van der Waals surface area contributed by atoms with Gasteiger partial charge in [0, 0.05) is 41.9 Å². The van der Waals surface area contributed by atoms with Gasteiger partial charge < -0.3 is 23.9 Å². The van der Waals surface area contributed by atoms with Gasteiger partial charge in [-0.3, -0.25) is 4.79 Å². The summed E-state index contributed by atoms with van der Waals surface area (Å²) >= 11 is 0. The summed E-state index contributed by atoms with van der Waals surface area (Å²) in [5.41, 5.74) is 2.28. The molecule has 0 bridgehead atoms. The third-order valence-electron chi connectivity index (χ3n) is 6.05. The van der Waals surface area contributed by atoms with E-state index in [0.717, 1.165) is 41.6 Å². The van der Waals surface area contributed by atoms with Gasteiger partial charge in [-0.2, -0.15) is 4.98 Å². The Morgan fingerprint density at radius 3 is 2.79 bits per heavy atom. The first kappa shape index (κ1) is 21.7. The SMILES string of the molecule is COc1ccc(-c2noc(N3CCCC(C(=O)Nc4ccc5c(C)cc(=O)oc5c4)C3)n2)cc1. The van der Waals surface area contributed by atoms with E-state index in [4.69, 9.17) is 13.7 Å². The highest BCUT2D eigenvalue weighted by atomic mass is 16.5. The average Bonchev–Trinajstić information content (AvgIpc) is 3.34. The van der Waals surface area contributed by atoms with Crippen molar-refractivity contribution in [1.82, 2.24) is 10.1 Å². The number of benzene rings is 2. The number of amides is 1. The molecule has 4 aromatic rings. The van der Waals surface area contributed by atoms with E-state index in [1.54, 1.807) is 13.2 Å². The van der Waals surface area contributed by atoms with Crippen LogP contribution in [-0.2, 0) is 4.79 Å². The molecule has 1 amide bonds. The molecule has 3 heterocycles. The highest BCUT2D eigenvalue weighted by Gasteiger charge is 2.29. The molecule has 1 atom stereocenters. The molecular weight excluding hydrogens is 436 g/mol.